The van der Waals surface area contributed by atoms with Crippen molar-refractivity contribution in [2.24, 2.45) is 52.2 Å². The van der Waals surface area contributed by atoms with Gasteiger partial charge in [-0.25, -0.2) is 0 Å². The summed E-state index contributed by atoms with van der Waals surface area (Å²) in [7, 11) is 3.28. The van der Waals surface area contributed by atoms with Gasteiger partial charge in [0.25, 0.3) is 0 Å². The number of carbonyl (C=O) groups is 17. The molecule has 54 heteroatoms. The number of guanidine groups is 4. The van der Waals surface area contributed by atoms with Gasteiger partial charge in [0.05, 0.1) is 32.2 Å². The van der Waals surface area contributed by atoms with Crippen LogP contribution in [0.3, 0.4) is 0 Å². The second-order valence-corrected chi connectivity index (χ2v) is 36.6. The van der Waals surface area contributed by atoms with Gasteiger partial charge >= 0.3 is 0 Å². The molecule has 49 nitrogen and oxygen atoms in total. The molecule has 2 saturated heterocycles. The number of hydrogen-bond donors (Lipinski definition) is 31. The van der Waals surface area contributed by atoms with Gasteiger partial charge in [-0.3, -0.25) is 103 Å². The largest absolute Gasteiger partial charge is 0.508 e. The first-order valence-corrected chi connectivity index (χ1v) is 46.9. The Balaban J connectivity index is 0.0000295. The Morgan fingerprint density at radius 1 is 0.462 bits per heavy atom. The number of phenols is 1. The molecule has 2 bridgehead atoms. The number of benzene rings is 2. The molecular weight excluding hydrogens is 1820 g/mol. The molecule has 0 unspecified atom stereocenters. The number of fused-ring (bicyclic) bond motifs is 5. The fourth-order valence-corrected chi connectivity index (χ4v) is 17.1. The SMILES string of the molecule is CC(C)C[C@H](NC(=O)CNC(=O)CNC(=O)[C@@H](N)CCCNC(=N)N)C(=O)N[C@H]1CSSC[C@@H](C(=O)N[C@H](C(=O)NCC(=O)N[C@@H](CCCNC(=N)N)C(N)=O)C(C)C)NC(=O)[C@H](C(C)C)NC(=O)[C@@H]2CSSC[C@H](NC(=O)[C@H](Cc3ccc(O)cc3)NC1=O)C(=O)N[C@@H](CCCNC(=N)N)C(=O)NCC(=O)N[C@@H](CCCNC(=N)N)C(=O)N[C@@H](Cc1ccccc1)C(=O)N2.Cl.O. The highest BCUT2D eigenvalue weighted by Crippen LogP contribution is 2.27. The molecule has 0 saturated carbocycles. The van der Waals surface area contributed by atoms with Crippen LogP contribution in [0.25, 0.3) is 0 Å². The van der Waals surface area contributed by atoms with Gasteiger partial charge < -0.3 is 151 Å². The average molecular weight is 1950 g/mol. The molecule has 2 aliphatic heterocycles. The van der Waals surface area contributed by atoms with Crippen molar-refractivity contribution in [2.45, 2.75) is 191 Å². The molecule has 4 rings (SSSR count). The first kappa shape index (κ1) is 116. The molecule has 0 radical (unpaired) electrons. The van der Waals surface area contributed by atoms with E-state index < -0.39 is 258 Å². The predicted molar refractivity (Wildman–Crippen MR) is 501 cm³/mol. The summed E-state index contributed by atoms with van der Waals surface area (Å²) in [6, 6.07) is -6.53. The fraction of sp³-hybridized carbons (Fsp3) is 0.577. The van der Waals surface area contributed by atoms with Crippen LogP contribution < -0.4 is 141 Å². The lowest BCUT2D eigenvalue weighted by molar-refractivity contribution is -0.136. The summed E-state index contributed by atoms with van der Waals surface area (Å²) in [5.74, 6) is -22.1. The maximum atomic E-state index is 15.5. The number of nitrogens with two attached hydrogens (primary N) is 6. The molecule has 0 aliphatic carbocycles. The van der Waals surface area contributed by atoms with Crippen LogP contribution in [0.15, 0.2) is 54.6 Å². The summed E-state index contributed by atoms with van der Waals surface area (Å²) in [5.41, 5.74) is 34.1. The number of primary amides is 1. The number of amides is 17. The lowest BCUT2D eigenvalue weighted by Crippen LogP contribution is -2.62. The van der Waals surface area contributed by atoms with Crippen LogP contribution >= 0.6 is 55.6 Å². The quantitative estimate of drug-likeness (QED) is 0.0128. The molecule has 0 aromatic heterocycles. The van der Waals surface area contributed by atoms with E-state index in [0.29, 0.717) is 12.0 Å². The van der Waals surface area contributed by atoms with Gasteiger partial charge in [0.2, 0.25) is 100 Å². The molecule has 2 aromatic carbocycles. The Bertz CT molecular complexity index is 4250. The van der Waals surface area contributed by atoms with E-state index in [1.54, 1.807) is 58.0 Å². The molecule has 0 spiro atoms. The van der Waals surface area contributed by atoms with Gasteiger partial charge in [-0.2, -0.15) is 0 Å². The number of hydrogen-bond acceptors (Lipinski definition) is 27. The average Bonchev–Trinajstić information content (AvgIpc) is 0.846. The zero-order valence-electron chi connectivity index (χ0n) is 74.1. The van der Waals surface area contributed by atoms with E-state index in [1.165, 1.54) is 38.1 Å². The fourth-order valence-electron chi connectivity index (χ4n) is 12.4. The van der Waals surface area contributed by atoms with Crippen molar-refractivity contribution in [1.29, 1.82) is 21.6 Å². The van der Waals surface area contributed by atoms with E-state index in [4.69, 9.17) is 56.0 Å². The van der Waals surface area contributed by atoms with Crippen LogP contribution in [-0.4, -0.2) is 289 Å². The highest BCUT2D eigenvalue weighted by Gasteiger charge is 2.39. The Labute approximate surface area is 785 Å². The third-order valence-electron chi connectivity index (χ3n) is 19.4. The monoisotopic (exact) mass is 1950 g/mol. The van der Waals surface area contributed by atoms with E-state index in [-0.39, 0.29) is 131 Å². The zero-order chi connectivity index (χ0) is 96.7. The van der Waals surface area contributed by atoms with Crippen molar-refractivity contribution >= 4 is 180 Å². The van der Waals surface area contributed by atoms with Crippen molar-refractivity contribution in [3.8, 4) is 5.75 Å². The van der Waals surface area contributed by atoms with E-state index in [9.17, 15) is 53.1 Å². The van der Waals surface area contributed by atoms with Crippen molar-refractivity contribution < 1.29 is 92.1 Å². The summed E-state index contributed by atoms with van der Waals surface area (Å²) in [4.78, 5) is 245. The summed E-state index contributed by atoms with van der Waals surface area (Å²) >= 11 is 0. The first-order chi connectivity index (χ1) is 61.5. The van der Waals surface area contributed by atoms with Crippen molar-refractivity contribution in [2.75, 3.05) is 75.4 Å². The molecule has 736 valence electrons. The van der Waals surface area contributed by atoms with Crippen molar-refractivity contribution in [3.05, 3.63) is 65.7 Å². The number of nitrogens with one attached hydrogen (secondary N) is 24. The topological polar surface area (TPSA) is 834 Å². The van der Waals surface area contributed by atoms with Crippen molar-refractivity contribution in [3.63, 3.8) is 0 Å². The lowest BCUT2D eigenvalue weighted by Gasteiger charge is -2.30. The standard InChI is InChI=1S/C78H126N30O18S4.ClH.H2O/c1-39(2)28-49(99-57(111)32-93-56(110)31-94-63(115)45(79)16-10-24-89-75(81)82)66(118)103-53-36-128-130-38-55(72(124)107-60(40(3)4)73(125)96-34-58(112)97-46(62(80)114)17-11-25-90-76(83)84)106-74(126)61(41(5)6)108-71(123)54-37-129-127-35-52(104-68(120)51(102-70(53)122)30-43-20-22-44(109)23-21-43)69(121)100-47(18-12-26-91-77(85)86)64(116)95-33-59(113)98-48(19-13-27-92-78(87)88)65(117)101-50(67(119)105-54)29-42-14-8-7-9-15-42;;/h7-9,14-15,20-23,39-41,45-55,60-61,109H,10-13,16-19,24-38,79H2,1-6H3,(H2,80,114)(H,93,110)(H,94,115)(H,95,116)(H,96,125)(H,97,112)(H,98,113)(H,99,111)(H,100,121)(H,101,117)(H,102,122)(H,103,118)(H,104,120)(H,105,119)(H,106,126)(H,107,124)(H,108,123)(H4,81,82,89)(H4,83,84,90)(H4,85,86,91)(H4,87,88,92);1H;1H2/t45-,46-,47-,48-,49-,50-,51-,52-,53-,54-,55-,60-,61-;;/m0../s1. The molecule has 2 aliphatic rings. The Morgan fingerprint density at radius 2 is 0.917 bits per heavy atom. The van der Waals surface area contributed by atoms with Crippen LogP contribution in [0.5, 0.6) is 5.75 Å². The zero-order valence-corrected chi connectivity index (χ0v) is 78.2. The molecule has 2 fully saturated rings. The number of phenolic OH excluding ortho intramolecular Hbond substituents is 1. The number of rotatable bonds is 39. The molecule has 39 N–H and O–H groups in total. The number of halogens is 1. The molecule has 13 atom stereocenters. The smallest absolute Gasteiger partial charge is 0.244 e. The normalized spacial score (nSPS) is 20.3. The summed E-state index contributed by atoms with van der Waals surface area (Å²) < 4.78 is 0. The Morgan fingerprint density at radius 3 is 1.44 bits per heavy atom. The molecule has 2 heterocycles. The summed E-state index contributed by atoms with van der Waals surface area (Å²) in [6.45, 7) is 6.98. The maximum absolute atomic E-state index is 15.5. The Kier molecular flexibility index (Phi) is 54.1. The van der Waals surface area contributed by atoms with E-state index in [1.807, 2.05) is 0 Å². The Hall–Kier alpha value is -12.1. The highest BCUT2D eigenvalue weighted by molar-refractivity contribution is 8.77. The van der Waals surface area contributed by atoms with Gasteiger partial charge in [0, 0.05) is 62.0 Å². The number of carbonyl (C=O) groups excluding carboxylic acids is 17. The van der Waals surface area contributed by atoms with E-state index in [0.717, 1.165) is 43.2 Å². The molecule has 2 aromatic rings. The molecule has 132 heavy (non-hydrogen) atoms. The van der Waals surface area contributed by atoms with Crippen LogP contribution in [0.1, 0.15) is 110 Å². The third kappa shape index (κ3) is 45.6. The first-order valence-electron chi connectivity index (χ1n) is 41.9. The third-order valence-corrected chi connectivity index (χ3v) is 24.2. The van der Waals surface area contributed by atoms with E-state index in [2.05, 4.69) is 106 Å². The van der Waals surface area contributed by atoms with Gasteiger partial charge in [0.1, 0.15) is 78.3 Å². The van der Waals surface area contributed by atoms with Crippen LogP contribution in [0, 0.1) is 39.4 Å². The van der Waals surface area contributed by atoms with Crippen LogP contribution in [0.4, 0.5) is 0 Å². The maximum Gasteiger partial charge on any atom is 0.244 e. The van der Waals surface area contributed by atoms with Crippen LogP contribution in [-0.2, 0) is 94.3 Å². The van der Waals surface area contributed by atoms with Gasteiger partial charge in [-0.15, -0.1) is 12.4 Å². The van der Waals surface area contributed by atoms with Crippen molar-refractivity contribution in [1.82, 2.24) is 106 Å². The van der Waals surface area contributed by atoms with Crippen LogP contribution in [0.2, 0.25) is 0 Å². The minimum absolute atomic E-state index is 0. The second kappa shape index (κ2) is 61.5. The summed E-state index contributed by atoms with van der Waals surface area (Å²) in [6.07, 6.45) is -0.362. The summed E-state index contributed by atoms with van der Waals surface area (Å²) in [5, 5.41) is 92.1. The van der Waals surface area contributed by atoms with E-state index >= 15 is 33.6 Å². The minimum Gasteiger partial charge on any atom is -0.508 e. The predicted octanol–water partition coefficient (Wildman–Crippen LogP) is -8.93. The molecule has 17 amide bonds. The second-order valence-electron chi connectivity index (χ2n) is 31.4. The molecular formula is C78H129ClN30O19S4. The highest BCUT2D eigenvalue weighted by atomic mass is 35.5. The van der Waals surface area contributed by atoms with Gasteiger partial charge in [-0.05, 0) is 98.8 Å². The number of aromatic hydroxyl groups is 1. The van der Waals surface area contributed by atoms with Gasteiger partial charge in [0.15, 0.2) is 23.8 Å². The lowest BCUT2D eigenvalue weighted by atomic mass is 10.0. The van der Waals surface area contributed by atoms with Gasteiger partial charge in [-0.1, -0.05) is 127 Å². The minimum atomic E-state index is -1.77.